The van der Waals surface area contributed by atoms with Crippen LogP contribution in [0.1, 0.15) is 6.42 Å². The standard InChI is InChI=1S/C14H11ClN2O3/c15-10-3-4-11(12-8(10)2-1-6-16-12)17-7-5-9(13(17)18)14(19)20/h1-4,6,9H,5,7H2,(H,19,20). The maximum Gasteiger partial charge on any atom is 0.316 e. The lowest BCUT2D eigenvalue weighted by atomic mass is 10.1. The largest absolute Gasteiger partial charge is 0.481 e. The van der Waals surface area contributed by atoms with Crippen molar-refractivity contribution >= 4 is 40.1 Å². The van der Waals surface area contributed by atoms with Gasteiger partial charge in [0.15, 0.2) is 0 Å². The predicted molar refractivity (Wildman–Crippen MR) is 74.8 cm³/mol. The second kappa shape index (κ2) is 4.76. The summed E-state index contributed by atoms with van der Waals surface area (Å²) in [5.74, 6) is -2.44. The van der Waals surface area contributed by atoms with Gasteiger partial charge in [0, 0.05) is 18.1 Å². The van der Waals surface area contributed by atoms with Crippen LogP contribution >= 0.6 is 11.6 Å². The van der Waals surface area contributed by atoms with Gasteiger partial charge >= 0.3 is 5.97 Å². The van der Waals surface area contributed by atoms with E-state index in [1.165, 1.54) is 4.90 Å². The Morgan fingerprint density at radius 1 is 1.40 bits per heavy atom. The van der Waals surface area contributed by atoms with Crippen LogP contribution in [0.5, 0.6) is 0 Å². The molecule has 1 fully saturated rings. The Balaban J connectivity index is 2.10. The molecule has 20 heavy (non-hydrogen) atoms. The number of aliphatic carboxylic acids is 1. The molecule has 0 saturated carbocycles. The molecule has 0 bridgehead atoms. The molecular weight excluding hydrogens is 280 g/mol. The number of nitrogens with zero attached hydrogens (tertiary/aromatic N) is 2. The van der Waals surface area contributed by atoms with Crippen molar-refractivity contribution in [2.45, 2.75) is 6.42 Å². The van der Waals surface area contributed by atoms with Gasteiger partial charge in [0.05, 0.1) is 16.2 Å². The number of carboxylic acids is 1. The molecule has 5 nitrogen and oxygen atoms in total. The number of hydrogen-bond acceptors (Lipinski definition) is 3. The molecule has 0 radical (unpaired) electrons. The van der Waals surface area contributed by atoms with E-state index in [2.05, 4.69) is 4.98 Å². The summed E-state index contributed by atoms with van der Waals surface area (Å²) < 4.78 is 0. The second-order valence-corrected chi connectivity index (χ2v) is 5.04. The molecule has 6 heteroatoms. The third-order valence-corrected chi connectivity index (χ3v) is 3.82. The van der Waals surface area contributed by atoms with E-state index in [9.17, 15) is 9.59 Å². The van der Waals surface area contributed by atoms with Crippen LogP contribution in [-0.4, -0.2) is 28.5 Å². The fourth-order valence-electron chi connectivity index (χ4n) is 2.49. The van der Waals surface area contributed by atoms with Crippen molar-refractivity contribution < 1.29 is 14.7 Å². The van der Waals surface area contributed by atoms with Crippen molar-refractivity contribution in [3.8, 4) is 0 Å². The van der Waals surface area contributed by atoms with Gasteiger partial charge in [-0.2, -0.15) is 0 Å². The Morgan fingerprint density at radius 2 is 2.20 bits per heavy atom. The Morgan fingerprint density at radius 3 is 2.90 bits per heavy atom. The van der Waals surface area contributed by atoms with Crippen LogP contribution in [0.4, 0.5) is 5.69 Å². The zero-order chi connectivity index (χ0) is 14.3. The lowest BCUT2D eigenvalue weighted by Gasteiger charge is -2.18. The molecule has 0 aliphatic carbocycles. The predicted octanol–water partition coefficient (Wildman–Crippen LogP) is 2.33. The van der Waals surface area contributed by atoms with E-state index in [0.717, 1.165) is 5.39 Å². The third-order valence-electron chi connectivity index (χ3n) is 3.49. The molecule has 1 aromatic carbocycles. The van der Waals surface area contributed by atoms with Crippen molar-refractivity contribution in [3.05, 3.63) is 35.5 Å². The maximum atomic E-state index is 12.2. The minimum absolute atomic E-state index is 0.311. The number of aromatic nitrogens is 1. The van der Waals surface area contributed by atoms with Crippen LogP contribution in [0.25, 0.3) is 10.9 Å². The molecule has 2 aromatic rings. The van der Waals surface area contributed by atoms with Gasteiger partial charge in [-0.05, 0) is 30.7 Å². The molecule has 1 aliphatic heterocycles. The topological polar surface area (TPSA) is 70.5 Å². The van der Waals surface area contributed by atoms with Gasteiger partial charge in [0.2, 0.25) is 5.91 Å². The second-order valence-electron chi connectivity index (χ2n) is 4.64. The SMILES string of the molecule is O=C(O)C1CCN(c2ccc(Cl)c3cccnc23)C1=O. The van der Waals surface area contributed by atoms with Crippen LogP contribution < -0.4 is 4.90 Å². The Hall–Kier alpha value is -2.14. The summed E-state index contributed by atoms with van der Waals surface area (Å²) in [6.07, 6.45) is 1.93. The van der Waals surface area contributed by atoms with Gasteiger partial charge < -0.3 is 10.0 Å². The van der Waals surface area contributed by atoms with Crippen LogP contribution in [-0.2, 0) is 9.59 Å². The van der Waals surface area contributed by atoms with Crippen molar-refractivity contribution in [2.75, 3.05) is 11.4 Å². The zero-order valence-electron chi connectivity index (χ0n) is 10.4. The molecule has 1 N–H and O–H groups in total. The highest BCUT2D eigenvalue weighted by molar-refractivity contribution is 6.36. The summed E-state index contributed by atoms with van der Waals surface area (Å²) in [6, 6.07) is 7.00. The van der Waals surface area contributed by atoms with E-state index in [-0.39, 0.29) is 0 Å². The first kappa shape index (κ1) is 12.9. The van der Waals surface area contributed by atoms with Crippen molar-refractivity contribution in [1.29, 1.82) is 0 Å². The molecular formula is C14H11ClN2O3. The minimum Gasteiger partial charge on any atom is -0.481 e. The minimum atomic E-state index is -1.08. The molecule has 1 aromatic heterocycles. The fraction of sp³-hybridized carbons (Fsp3) is 0.214. The first-order valence-electron chi connectivity index (χ1n) is 6.17. The van der Waals surface area contributed by atoms with Gasteiger partial charge in [0.1, 0.15) is 5.92 Å². The highest BCUT2D eigenvalue weighted by Crippen LogP contribution is 2.33. The van der Waals surface area contributed by atoms with E-state index < -0.39 is 17.8 Å². The van der Waals surface area contributed by atoms with E-state index in [0.29, 0.717) is 29.2 Å². The molecule has 102 valence electrons. The van der Waals surface area contributed by atoms with E-state index >= 15 is 0 Å². The smallest absolute Gasteiger partial charge is 0.316 e. The van der Waals surface area contributed by atoms with Gasteiger partial charge in [-0.1, -0.05) is 11.6 Å². The first-order chi connectivity index (χ1) is 9.59. The number of rotatable bonds is 2. The third kappa shape index (κ3) is 1.91. The number of amides is 1. The summed E-state index contributed by atoms with van der Waals surface area (Å²) in [4.78, 5) is 28.9. The number of carboxylic acid groups (broad SMARTS) is 1. The molecule has 3 rings (SSSR count). The van der Waals surface area contributed by atoms with Crippen molar-refractivity contribution in [1.82, 2.24) is 4.98 Å². The maximum absolute atomic E-state index is 12.2. The normalized spacial score (nSPS) is 18.8. The monoisotopic (exact) mass is 290 g/mol. The number of fused-ring (bicyclic) bond motifs is 1. The average molecular weight is 291 g/mol. The van der Waals surface area contributed by atoms with Crippen LogP contribution in [0.15, 0.2) is 30.5 Å². The summed E-state index contributed by atoms with van der Waals surface area (Å²) in [5, 5.41) is 10.3. The summed E-state index contributed by atoms with van der Waals surface area (Å²) >= 11 is 6.11. The molecule has 0 spiro atoms. The molecule has 2 heterocycles. The number of halogens is 1. The van der Waals surface area contributed by atoms with E-state index in [4.69, 9.17) is 16.7 Å². The van der Waals surface area contributed by atoms with Gasteiger partial charge in [-0.25, -0.2) is 0 Å². The zero-order valence-corrected chi connectivity index (χ0v) is 11.2. The molecule has 1 aliphatic rings. The quantitative estimate of drug-likeness (QED) is 0.862. The molecule has 1 unspecified atom stereocenters. The molecule has 1 amide bonds. The average Bonchev–Trinajstić information content (AvgIpc) is 2.82. The fourth-order valence-corrected chi connectivity index (χ4v) is 2.70. The van der Waals surface area contributed by atoms with Crippen LogP contribution in [0.2, 0.25) is 5.02 Å². The van der Waals surface area contributed by atoms with Gasteiger partial charge in [-0.15, -0.1) is 0 Å². The Labute approximate surface area is 119 Å². The summed E-state index contributed by atoms with van der Waals surface area (Å²) in [6.45, 7) is 0.378. The number of anilines is 1. The summed E-state index contributed by atoms with van der Waals surface area (Å²) in [7, 11) is 0. The number of benzene rings is 1. The van der Waals surface area contributed by atoms with Crippen LogP contribution in [0, 0.1) is 5.92 Å². The molecule has 1 saturated heterocycles. The van der Waals surface area contributed by atoms with Gasteiger partial charge in [0.25, 0.3) is 0 Å². The summed E-state index contributed by atoms with van der Waals surface area (Å²) in [5.41, 5.74) is 1.22. The van der Waals surface area contributed by atoms with Crippen LogP contribution in [0.3, 0.4) is 0 Å². The van der Waals surface area contributed by atoms with Crippen molar-refractivity contribution in [2.24, 2.45) is 5.92 Å². The Kier molecular flexibility index (Phi) is 3.06. The number of carbonyl (C=O) groups excluding carboxylic acids is 1. The highest BCUT2D eigenvalue weighted by atomic mass is 35.5. The highest BCUT2D eigenvalue weighted by Gasteiger charge is 2.38. The number of pyridine rings is 1. The number of carbonyl (C=O) groups is 2. The lowest BCUT2D eigenvalue weighted by molar-refractivity contribution is -0.144. The van der Waals surface area contributed by atoms with E-state index in [1.807, 2.05) is 6.07 Å². The number of hydrogen-bond donors (Lipinski definition) is 1. The lowest BCUT2D eigenvalue weighted by Crippen LogP contribution is -2.30. The Bertz CT molecular complexity index is 717. The van der Waals surface area contributed by atoms with E-state index in [1.54, 1.807) is 24.4 Å². The first-order valence-corrected chi connectivity index (χ1v) is 6.55. The van der Waals surface area contributed by atoms with Crippen molar-refractivity contribution in [3.63, 3.8) is 0 Å². The molecule has 1 atom stereocenters. The van der Waals surface area contributed by atoms with Gasteiger partial charge in [-0.3, -0.25) is 14.6 Å².